The van der Waals surface area contributed by atoms with Gasteiger partial charge in [-0.1, -0.05) is 60.1 Å². The van der Waals surface area contributed by atoms with Crippen LogP contribution in [0.1, 0.15) is 23.3 Å². The van der Waals surface area contributed by atoms with E-state index < -0.39 is 12.1 Å². The van der Waals surface area contributed by atoms with Gasteiger partial charge in [-0.15, -0.1) is 0 Å². The molecule has 2 aromatic carbocycles. The molecule has 3 heteroatoms. The third-order valence-electron chi connectivity index (χ3n) is 2.75. The van der Waals surface area contributed by atoms with E-state index in [1.54, 1.807) is 12.1 Å². The molecule has 2 nitrogen and oxygen atoms in total. The summed E-state index contributed by atoms with van der Waals surface area (Å²) in [6, 6.07) is 16.2. The van der Waals surface area contributed by atoms with Crippen molar-refractivity contribution in [2.45, 2.75) is 12.1 Å². The van der Waals surface area contributed by atoms with Crippen LogP contribution in [-0.4, -0.2) is 5.11 Å². The van der Waals surface area contributed by atoms with Gasteiger partial charge < -0.3 is 10.8 Å². The zero-order valence-corrected chi connectivity index (χ0v) is 10.0. The molecule has 0 amide bonds. The van der Waals surface area contributed by atoms with Gasteiger partial charge in [-0.25, -0.2) is 0 Å². The minimum Gasteiger partial charge on any atom is -0.386 e. The topological polar surface area (TPSA) is 46.2 Å². The SMILES string of the molecule is NC(c1ccccc1)C(O)c1ccccc1Cl. The van der Waals surface area contributed by atoms with Crippen molar-refractivity contribution in [2.75, 3.05) is 0 Å². The molecular weight excluding hydrogens is 234 g/mol. The highest BCUT2D eigenvalue weighted by atomic mass is 35.5. The number of benzene rings is 2. The lowest BCUT2D eigenvalue weighted by Gasteiger charge is -2.20. The number of aliphatic hydroxyl groups is 1. The third-order valence-corrected chi connectivity index (χ3v) is 3.09. The van der Waals surface area contributed by atoms with Crippen molar-refractivity contribution in [2.24, 2.45) is 5.73 Å². The maximum absolute atomic E-state index is 10.2. The van der Waals surface area contributed by atoms with Crippen molar-refractivity contribution in [1.29, 1.82) is 0 Å². The molecule has 88 valence electrons. The van der Waals surface area contributed by atoms with E-state index in [0.29, 0.717) is 10.6 Å². The minimum atomic E-state index is -0.800. The van der Waals surface area contributed by atoms with Crippen molar-refractivity contribution in [3.05, 3.63) is 70.7 Å². The van der Waals surface area contributed by atoms with Gasteiger partial charge in [-0.2, -0.15) is 0 Å². The van der Waals surface area contributed by atoms with Crippen molar-refractivity contribution in [1.82, 2.24) is 0 Å². The summed E-state index contributed by atoms with van der Waals surface area (Å²) in [5, 5.41) is 10.7. The van der Waals surface area contributed by atoms with E-state index in [1.807, 2.05) is 42.5 Å². The molecule has 3 N–H and O–H groups in total. The predicted molar refractivity (Wildman–Crippen MR) is 69.8 cm³/mol. The maximum atomic E-state index is 10.2. The molecule has 0 fully saturated rings. The summed E-state index contributed by atoms with van der Waals surface area (Å²) in [5.41, 5.74) is 7.58. The largest absolute Gasteiger partial charge is 0.386 e. The summed E-state index contributed by atoms with van der Waals surface area (Å²) in [6.45, 7) is 0. The first-order chi connectivity index (χ1) is 8.20. The summed E-state index contributed by atoms with van der Waals surface area (Å²) in [4.78, 5) is 0. The molecule has 0 aliphatic carbocycles. The molecule has 0 saturated heterocycles. The fourth-order valence-electron chi connectivity index (χ4n) is 1.77. The van der Waals surface area contributed by atoms with Gasteiger partial charge in [0.15, 0.2) is 0 Å². The van der Waals surface area contributed by atoms with Crippen LogP contribution in [0.25, 0.3) is 0 Å². The Kier molecular flexibility index (Phi) is 3.79. The maximum Gasteiger partial charge on any atom is 0.0996 e. The van der Waals surface area contributed by atoms with Gasteiger partial charge >= 0.3 is 0 Å². The average molecular weight is 248 g/mol. The molecule has 0 heterocycles. The second kappa shape index (κ2) is 5.32. The number of nitrogens with two attached hydrogens (primary N) is 1. The van der Waals surface area contributed by atoms with E-state index >= 15 is 0 Å². The summed E-state index contributed by atoms with van der Waals surface area (Å²) in [5.74, 6) is 0. The first kappa shape index (κ1) is 12.1. The van der Waals surface area contributed by atoms with E-state index in [0.717, 1.165) is 5.56 Å². The fourth-order valence-corrected chi connectivity index (χ4v) is 2.01. The van der Waals surface area contributed by atoms with Crippen molar-refractivity contribution in [3.8, 4) is 0 Å². The highest BCUT2D eigenvalue weighted by Gasteiger charge is 2.20. The average Bonchev–Trinajstić information content (AvgIpc) is 2.39. The van der Waals surface area contributed by atoms with Crippen LogP contribution < -0.4 is 5.73 Å². The molecular formula is C14H14ClNO. The van der Waals surface area contributed by atoms with E-state index in [-0.39, 0.29) is 0 Å². The van der Waals surface area contributed by atoms with Crippen LogP contribution in [-0.2, 0) is 0 Å². The van der Waals surface area contributed by atoms with Gasteiger partial charge in [0.05, 0.1) is 12.1 Å². The molecule has 2 rings (SSSR count). The van der Waals surface area contributed by atoms with Crippen LogP contribution in [0.3, 0.4) is 0 Å². The smallest absolute Gasteiger partial charge is 0.0996 e. The second-order valence-corrected chi connectivity index (χ2v) is 4.31. The van der Waals surface area contributed by atoms with Gasteiger partial charge in [0.25, 0.3) is 0 Å². The van der Waals surface area contributed by atoms with Crippen LogP contribution in [0.5, 0.6) is 0 Å². The van der Waals surface area contributed by atoms with Crippen LogP contribution >= 0.6 is 11.6 Å². The monoisotopic (exact) mass is 247 g/mol. The van der Waals surface area contributed by atoms with Gasteiger partial charge in [-0.05, 0) is 11.6 Å². The van der Waals surface area contributed by atoms with Gasteiger partial charge in [-0.3, -0.25) is 0 Å². The number of hydrogen-bond acceptors (Lipinski definition) is 2. The third kappa shape index (κ3) is 2.67. The molecule has 0 bridgehead atoms. The van der Waals surface area contributed by atoms with Crippen molar-refractivity contribution in [3.63, 3.8) is 0 Å². The normalized spacial score (nSPS) is 14.3. The molecule has 0 aliphatic heterocycles. The summed E-state index contributed by atoms with van der Waals surface area (Å²) < 4.78 is 0. The van der Waals surface area contributed by atoms with Crippen LogP contribution in [0.15, 0.2) is 54.6 Å². The molecule has 2 atom stereocenters. The van der Waals surface area contributed by atoms with Gasteiger partial charge in [0.1, 0.15) is 0 Å². The molecule has 2 unspecified atom stereocenters. The Bertz CT molecular complexity index is 487. The molecule has 0 aliphatic rings. The van der Waals surface area contributed by atoms with E-state index in [4.69, 9.17) is 17.3 Å². The van der Waals surface area contributed by atoms with Crippen LogP contribution in [0.2, 0.25) is 5.02 Å². The number of rotatable bonds is 3. The predicted octanol–water partition coefficient (Wildman–Crippen LogP) is 3.07. The molecule has 0 saturated carbocycles. The number of halogens is 1. The minimum absolute atomic E-state index is 0.476. The van der Waals surface area contributed by atoms with Gasteiger partial charge in [0.2, 0.25) is 0 Å². The molecule has 17 heavy (non-hydrogen) atoms. The first-order valence-electron chi connectivity index (χ1n) is 5.43. The van der Waals surface area contributed by atoms with Crippen molar-refractivity contribution < 1.29 is 5.11 Å². The Morgan fingerprint density at radius 1 is 0.941 bits per heavy atom. The standard InChI is InChI=1S/C14H14ClNO/c15-12-9-5-4-8-11(12)14(17)13(16)10-6-2-1-3-7-10/h1-9,13-14,17H,16H2. The molecule has 0 radical (unpaired) electrons. The molecule has 2 aromatic rings. The first-order valence-corrected chi connectivity index (χ1v) is 5.81. The van der Waals surface area contributed by atoms with Crippen LogP contribution in [0, 0.1) is 0 Å². The lowest BCUT2D eigenvalue weighted by atomic mass is 9.97. The molecule has 0 aromatic heterocycles. The Labute approximate surface area is 106 Å². The fraction of sp³-hybridized carbons (Fsp3) is 0.143. The summed E-state index contributed by atoms with van der Waals surface area (Å²) >= 11 is 6.04. The van der Waals surface area contributed by atoms with E-state index in [2.05, 4.69) is 0 Å². The van der Waals surface area contributed by atoms with Gasteiger partial charge in [0, 0.05) is 10.6 Å². The Balaban J connectivity index is 2.27. The Morgan fingerprint density at radius 2 is 1.53 bits per heavy atom. The second-order valence-electron chi connectivity index (χ2n) is 3.90. The highest BCUT2D eigenvalue weighted by Crippen LogP contribution is 2.30. The Morgan fingerprint density at radius 3 is 2.18 bits per heavy atom. The zero-order valence-electron chi connectivity index (χ0n) is 9.25. The van der Waals surface area contributed by atoms with Crippen LogP contribution in [0.4, 0.5) is 0 Å². The summed E-state index contributed by atoms with van der Waals surface area (Å²) in [7, 11) is 0. The zero-order chi connectivity index (χ0) is 12.3. The van der Waals surface area contributed by atoms with E-state index in [1.165, 1.54) is 0 Å². The lowest BCUT2D eigenvalue weighted by molar-refractivity contribution is 0.147. The highest BCUT2D eigenvalue weighted by molar-refractivity contribution is 6.31. The number of aliphatic hydroxyl groups excluding tert-OH is 1. The number of hydrogen-bond donors (Lipinski definition) is 2. The van der Waals surface area contributed by atoms with Crippen molar-refractivity contribution >= 4 is 11.6 Å². The summed E-state index contributed by atoms with van der Waals surface area (Å²) in [6.07, 6.45) is -0.800. The Hall–Kier alpha value is -1.35. The quantitative estimate of drug-likeness (QED) is 0.876. The lowest BCUT2D eigenvalue weighted by Crippen LogP contribution is -2.19. The van der Waals surface area contributed by atoms with E-state index in [9.17, 15) is 5.11 Å². The molecule has 0 spiro atoms.